The first-order valence-corrected chi connectivity index (χ1v) is 4.65. The van der Waals surface area contributed by atoms with Crippen LogP contribution in [0.3, 0.4) is 0 Å². The molecular weight excluding hydrogens is 267 g/mol. The van der Waals surface area contributed by atoms with Crippen LogP contribution in [0.4, 0.5) is 36.4 Å². The molecule has 18 heavy (non-hydrogen) atoms. The van der Waals surface area contributed by atoms with Gasteiger partial charge in [-0.2, -0.15) is 30.7 Å². The predicted molar refractivity (Wildman–Crippen MR) is 50.8 cm³/mol. The molecule has 1 N–H and O–H groups in total. The van der Waals surface area contributed by atoms with Crippen LogP contribution in [0.25, 0.3) is 0 Å². The van der Waals surface area contributed by atoms with E-state index >= 15 is 0 Å². The van der Waals surface area contributed by atoms with Crippen LogP contribution < -0.4 is 5.32 Å². The smallest absolute Gasteiger partial charge is 0.338 e. The first-order valence-electron chi connectivity index (χ1n) is 4.65. The van der Waals surface area contributed by atoms with Gasteiger partial charge in [-0.3, -0.25) is 0 Å². The summed E-state index contributed by atoms with van der Waals surface area (Å²) in [5.41, 5.74) is -0.511. The fourth-order valence-electron chi connectivity index (χ4n) is 1.20. The lowest BCUT2D eigenvalue weighted by molar-refractivity contribution is -0.330. The van der Waals surface area contributed by atoms with Gasteiger partial charge in [-0.15, -0.1) is 0 Å². The van der Waals surface area contributed by atoms with Gasteiger partial charge in [0.2, 0.25) is 0 Å². The monoisotopic (exact) mass is 275 g/mol. The highest BCUT2D eigenvalue weighted by Crippen LogP contribution is 2.46. The van der Waals surface area contributed by atoms with Gasteiger partial charge in [0.05, 0.1) is 0 Å². The van der Waals surface area contributed by atoms with E-state index in [9.17, 15) is 30.7 Å². The van der Waals surface area contributed by atoms with Gasteiger partial charge in [0.25, 0.3) is 0 Å². The minimum absolute atomic E-state index is 0.0630. The number of nitrogens with one attached hydrogen (secondary N) is 1. The van der Waals surface area contributed by atoms with Gasteiger partial charge in [0.15, 0.2) is 0 Å². The van der Waals surface area contributed by atoms with E-state index in [-0.39, 0.29) is 5.56 Å². The number of benzene rings is 1. The normalized spacial score (nSPS) is 13.6. The average molecular weight is 275 g/mol. The number of aryl methyl sites for hydroxylation is 1. The Labute approximate surface area is 97.6 Å². The van der Waals surface area contributed by atoms with E-state index in [1.54, 1.807) is 0 Å². The molecule has 0 aliphatic carbocycles. The molecule has 1 rings (SSSR count). The summed E-state index contributed by atoms with van der Waals surface area (Å²) in [4.78, 5) is 0. The molecular formula is C10H8F7N. The molecule has 1 nitrogen and oxygen atoms in total. The van der Waals surface area contributed by atoms with Crippen molar-refractivity contribution in [2.45, 2.75) is 25.1 Å². The number of hydrogen-bond donors (Lipinski definition) is 1. The number of alkyl halides is 7. The van der Waals surface area contributed by atoms with Crippen LogP contribution in [0, 0.1) is 6.92 Å². The summed E-state index contributed by atoms with van der Waals surface area (Å²) in [5.74, 6) is -5.48. The minimum atomic E-state index is -6.12. The highest BCUT2D eigenvalue weighted by Gasteiger charge is 2.73. The second-order valence-electron chi connectivity index (χ2n) is 3.59. The maximum Gasteiger partial charge on any atom is 0.451 e. The van der Waals surface area contributed by atoms with E-state index in [0.29, 0.717) is 0 Å². The molecule has 0 heterocycles. The van der Waals surface area contributed by atoms with Crippen LogP contribution in [-0.4, -0.2) is 18.1 Å². The summed E-state index contributed by atoms with van der Waals surface area (Å²) in [7, 11) is 0. The first kappa shape index (κ1) is 14.6. The van der Waals surface area contributed by atoms with Crippen LogP contribution in [0.15, 0.2) is 24.3 Å². The zero-order valence-electron chi connectivity index (χ0n) is 8.96. The zero-order valence-corrected chi connectivity index (χ0v) is 8.96. The molecule has 8 heteroatoms. The van der Waals surface area contributed by atoms with Crippen LogP contribution in [0.1, 0.15) is 5.56 Å². The Balaban J connectivity index is 3.21. The van der Waals surface area contributed by atoms with Crippen LogP contribution >= 0.6 is 0 Å². The predicted octanol–water partition coefficient (Wildman–Crippen LogP) is 4.20. The summed E-state index contributed by atoms with van der Waals surface area (Å²) in [6, 6.07) is 4.79. The Morgan fingerprint density at radius 1 is 0.833 bits per heavy atom. The second kappa shape index (κ2) is 4.33. The van der Waals surface area contributed by atoms with E-state index in [1.165, 1.54) is 25.1 Å². The van der Waals surface area contributed by atoms with Gasteiger partial charge in [-0.05, 0) is 18.6 Å². The van der Waals surface area contributed by atoms with Gasteiger partial charge in [0.1, 0.15) is 0 Å². The standard InChI is InChI=1S/C10H8F7N/c1-6-4-2-3-5-7(6)18-8(11,9(12,13)14)10(15,16)17/h2-5,18H,1H3. The topological polar surface area (TPSA) is 12.0 Å². The minimum Gasteiger partial charge on any atom is -0.338 e. The van der Waals surface area contributed by atoms with E-state index < -0.39 is 23.8 Å². The van der Waals surface area contributed by atoms with Crippen molar-refractivity contribution >= 4 is 5.69 Å². The van der Waals surface area contributed by atoms with Crippen molar-refractivity contribution in [3.63, 3.8) is 0 Å². The highest BCUT2D eigenvalue weighted by molar-refractivity contribution is 5.52. The molecule has 0 saturated heterocycles. The number of halogens is 7. The van der Waals surface area contributed by atoms with E-state index in [4.69, 9.17) is 0 Å². The molecule has 0 aliphatic heterocycles. The van der Waals surface area contributed by atoms with Gasteiger partial charge in [-0.1, -0.05) is 18.2 Å². The molecule has 0 spiro atoms. The number of anilines is 1. The van der Waals surface area contributed by atoms with Gasteiger partial charge in [0, 0.05) is 5.69 Å². The highest BCUT2D eigenvalue weighted by atomic mass is 19.4. The molecule has 0 saturated carbocycles. The Bertz CT molecular complexity index is 407. The zero-order chi connectivity index (χ0) is 14.2. The fraction of sp³-hybridized carbons (Fsp3) is 0.400. The molecule has 0 unspecified atom stereocenters. The number of rotatable bonds is 2. The van der Waals surface area contributed by atoms with Gasteiger partial charge in [-0.25, -0.2) is 0 Å². The van der Waals surface area contributed by atoms with Crippen molar-refractivity contribution in [1.29, 1.82) is 0 Å². The van der Waals surface area contributed by atoms with Crippen LogP contribution in [-0.2, 0) is 0 Å². The Morgan fingerprint density at radius 3 is 1.67 bits per heavy atom. The Morgan fingerprint density at radius 2 is 1.28 bits per heavy atom. The third kappa shape index (κ3) is 2.51. The largest absolute Gasteiger partial charge is 0.451 e. The summed E-state index contributed by atoms with van der Waals surface area (Å²) < 4.78 is 86.9. The van der Waals surface area contributed by atoms with Gasteiger partial charge >= 0.3 is 18.1 Å². The van der Waals surface area contributed by atoms with E-state index in [0.717, 1.165) is 11.4 Å². The maximum atomic E-state index is 13.3. The summed E-state index contributed by atoms with van der Waals surface area (Å²) in [5, 5.41) is 0.887. The van der Waals surface area contributed by atoms with Crippen molar-refractivity contribution in [3.05, 3.63) is 29.8 Å². The molecule has 0 fully saturated rings. The van der Waals surface area contributed by atoms with Crippen molar-refractivity contribution in [2.24, 2.45) is 0 Å². The second-order valence-corrected chi connectivity index (χ2v) is 3.59. The molecule has 1 aromatic carbocycles. The van der Waals surface area contributed by atoms with Crippen LogP contribution in [0.5, 0.6) is 0 Å². The summed E-state index contributed by atoms with van der Waals surface area (Å²) in [6.07, 6.45) is -12.2. The average Bonchev–Trinajstić information content (AvgIpc) is 2.18. The molecule has 0 radical (unpaired) electrons. The molecule has 0 bridgehead atoms. The Hall–Kier alpha value is -1.47. The van der Waals surface area contributed by atoms with Crippen molar-refractivity contribution in [1.82, 2.24) is 0 Å². The molecule has 0 atom stereocenters. The molecule has 1 aromatic rings. The third-order valence-corrected chi connectivity index (χ3v) is 2.23. The third-order valence-electron chi connectivity index (χ3n) is 2.23. The fourth-order valence-corrected chi connectivity index (χ4v) is 1.20. The van der Waals surface area contributed by atoms with E-state index in [1.807, 2.05) is 0 Å². The van der Waals surface area contributed by atoms with Crippen molar-refractivity contribution in [2.75, 3.05) is 5.32 Å². The first-order chi connectivity index (χ1) is 7.99. The van der Waals surface area contributed by atoms with Gasteiger partial charge < -0.3 is 5.32 Å². The van der Waals surface area contributed by atoms with Crippen LogP contribution in [0.2, 0.25) is 0 Å². The Kier molecular flexibility index (Phi) is 3.51. The molecule has 0 aromatic heterocycles. The maximum absolute atomic E-state index is 13.3. The number of hydrogen-bond acceptors (Lipinski definition) is 1. The lowest BCUT2D eigenvalue weighted by Gasteiger charge is -2.31. The lowest BCUT2D eigenvalue weighted by atomic mass is 10.1. The van der Waals surface area contributed by atoms with Crippen molar-refractivity contribution < 1.29 is 30.7 Å². The lowest BCUT2D eigenvalue weighted by Crippen LogP contribution is -2.58. The molecule has 102 valence electrons. The number of para-hydroxylation sites is 1. The van der Waals surface area contributed by atoms with Crippen molar-refractivity contribution in [3.8, 4) is 0 Å². The summed E-state index contributed by atoms with van der Waals surface area (Å²) in [6.45, 7) is 1.26. The SMILES string of the molecule is Cc1ccccc1NC(F)(C(F)(F)F)C(F)(F)F. The quantitative estimate of drug-likeness (QED) is 0.630. The molecule has 0 amide bonds. The summed E-state index contributed by atoms with van der Waals surface area (Å²) >= 11 is 0. The molecule has 0 aliphatic rings. The van der Waals surface area contributed by atoms with E-state index in [2.05, 4.69) is 0 Å².